The Hall–Kier alpha value is -0.0800. The van der Waals surface area contributed by atoms with Gasteiger partial charge in [0.15, 0.2) is 0 Å². The topological polar surface area (TPSA) is 18.5 Å². The average molecular weight is 142 g/mol. The first-order chi connectivity index (χ1) is 4.86. The highest BCUT2D eigenvalue weighted by Crippen LogP contribution is 2.31. The maximum atomic E-state index is 5.41. The van der Waals surface area contributed by atoms with Gasteiger partial charge in [0.05, 0.1) is 12.2 Å². The molecule has 0 radical (unpaired) electrons. The predicted molar refractivity (Wildman–Crippen MR) is 37.6 cm³/mol. The highest BCUT2D eigenvalue weighted by atomic mass is 16.7. The molecule has 1 heterocycles. The minimum absolute atomic E-state index is 0.420. The van der Waals surface area contributed by atoms with Crippen LogP contribution in [0.2, 0.25) is 0 Å². The predicted octanol–water partition coefficient (Wildman–Crippen LogP) is 1.55. The van der Waals surface area contributed by atoms with E-state index in [9.17, 15) is 0 Å². The van der Waals surface area contributed by atoms with E-state index in [0.29, 0.717) is 19.0 Å². The Bertz CT molecular complexity index is 124. The Labute approximate surface area is 61.5 Å². The maximum absolute atomic E-state index is 5.41. The molecule has 0 bridgehead atoms. The molecule has 2 fully saturated rings. The van der Waals surface area contributed by atoms with Crippen LogP contribution < -0.4 is 0 Å². The van der Waals surface area contributed by atoms with Gasteiger partial charge < -0.3 is 9.47 Å². The summed E-state index contributed by atoms with van der Waals surface area (Å²) in [5.74, 6) is 0.836. The summed E-state index contributed by atoms with van der Waals surface area (Å²) in [7, 11) is 0. The molecule has 2 rings (SSSR count). The largest absolute Gasteiger partial charge is 0.349 e. The van der Waals surface area contributed by atoms with E-state index in [-0.39, 0.29) is 0 Å². The van der Waals surface area contributed by atoms with Gasteiger partial charge in [-0.05, 0) is 25.2 Å². The van der Waals surface area contributed by atoms with Gasteiger partial charge in [0.25, 0.3) is 0 Å². The van der Waals surface area contributed by atoms with Crippen LogP contribution >= 0.6 is 0 Å². The number of hydrogen-bond donors (Lipinski definition) is 0. The monoisotopic (exact) mass is 142 g/mol. The highest BCUT2D eigenvalue weighted by Gasteiger charge is 2.34. The first kappa shape index (κ1) is 6.62. The second-order valence-electron chi connectivity index (χ2n) is 3.45. The van der Waals surface area contributed by atoms with Gasteiger partial charge >= 0.3 is 0 Å². The Morgan fingerprint density at radius 1 is 1.10 bits per heavy atom. The molecule has 1 aliphatic heterocycles. The summed E-state index contributed by atoms with van der Waals surface area (Å²) in [5, 5.41) is 0. The summed E-state index contributed by atoms with van der Waals surface area (Å²) in [6, 6.07) is 0. The lowest BCUT2D eigenvalue weighted by atomic mass is 9.87. The molecular weight excluding hydrogens is 128 g/mol. The molecule has 10 heavy (non-hydrogen) atoms. The standard InChI is InChI=1S/C8H14O2/c1-6-2-3-7-8(4-6)10-5-9-7/h6-8H,2-5H2,1H3. The molecule has 1 saturated carbocycles. The van der Waals surface area contributed by atoms with Gasteiger partial charge in [0.1, 0.15) is 6.79 Å². The number of fused-ring (bicyclic) bond motifs is 1. The molecule has 2 nitrogen and oxygen atoms in total. The van der Waals surface area contributed by atoms with Crippen molar-refractivity contribution < 1.29 is 9.47 Å². The van der Waals surface area contributed by atoms with E-state index in [4.69, 9.17) is 9.47 Å². The van der Waals surface area contributed by atoms with Crippen LogP contribution in [0.1, 0.15) is 26.2 Å². The summed E-state index contributed by atoms with van der Waals surface area (Å²) in [6.45, 7) is 2.82. The normalized spacial score (nSPS) is 47.1. The molecule has 2 aliphatic rings. The van der Waals surface area contributed by atoms with Crippen LogP contribution in [0.25, 0.3) is 0 Å². The van der Waals surface area contributed by atoms with Crippen molar-refractivity contribution in [1.82, 2.24) is 0 Å². The third-order valence-electron chi connectivity index (χ3n) is 2.56. The van der Waals surface area contributed by atoms with E-state index < -0.39 is 0 Å². The fourth-order valence-electron chi connectivity index (χ4n) is 1.88. The zero-order valence-electron chi connectivity index (χ0n) is 6.38. The highest BCUT2D eigenvalue weighted by molar-refractivity contribution is 4.81. The van der Waals surface area contributed by atoms with Crippen molar-refractivity contribution in [1.29, 1.82) is 0 Å². The molecule has 0 aromatic rings. The van der Waals surface area contributed by atoms with Gasteiger partial charge in [-0.15, -0.1) is 0 Å². The SMILES string of the molecule is CC1CCC2OCOC2C1. The molecule has 1 saturated heterocycles. The second kappa shape index (κ2) is 2.51. The van der Waals surface area contributed by atoms with Crippen LogP contribution in [0.15, 0.2) is 0 Å². The lowest BCUT2D eigenvalue weighted by Gasteiger charge is -2.26. The molecule has 0 spiro atoms. The Balaban J connectivity index is 1.96. The summed E-state index contributed by atoms with van der Waals surface area (Å²) >= 11 is 0. The molecule has 1 aliphatic carbocycles. The van der Waals surface area contributed by atoms with Crippen molar-refractivity contribution in [2.75, 3.05) is 6.79 Å². The van der Waals surface area contributed by atoms with Crippen molar-refractivity contribution in [3.63, 3.8) is 0 Å². The van der Waals surface area contributed by atoms with Gasteiger partial charge in [-0.2, -0.15) is 0 Å². The fraction of sp³-hybridized carbons (Fsp3) is 1.00. The van der Waals surface area contributed by atoms with Crippen LogP contribution in [0, 0.1) is 5.92 Å². The van der Waals surface area contributed by atoms with Crippen molar-refractivity contribution >= 4 is 0 Å². The zero-order valence-corrected chi connectivity index (χ0v) is 6.38. The molecule has 0 aromatic heterocycles. The third kappa shape index (κ3) is 1.06. The summed E-state index contributed by atoms with van der Waals surface area (Å²) in [6.07, 6.45) is 4.56. The number of hydrogen-bond acceptors (Lipinski definition) is 2. The molecular formula is C8H14O2. The third-order valence-corrected chi connectivity index (χ3v) is 2.56. The molecule has 58 valence electrons. The van der Waals surface area contributed by atoms with Gasteiger partial charge in [0, 0.05) is 0 Å². The van der Waals surface area contributed by atoms with Gasteiger partial charge in [0.2, 0.25) is 0 Å². The Morgan fingerprint density at radius 2 is 1.90 bits per heavy atom. The summed E-state index contributed by atoms with van der Waals surface area (Å²) in [5.41, 5.74) is 0. The molecule has 3 atom stereocenters. The first-order valence-electron chi connectivity index (χ1n) is 4.09. The fourth-order valence-corrected chi connectivity index (χ4v) is 1.88. The second-order valence-corrected chi connectivity index (χ2v) is 3.45. The van der Waals surface area contributed by atoms with Crippen LogP contribution in [-0.4, -0.2) is 19.0 Å². The lowest BCUT2D eigenvalue weighted by Crippen LogP contribution is -2.29. The summed E-state index contributed by atoms with van der Waals surface area (Å²) in [4.78, 5) is 0. The molecule has 2 heteroatoms. The van der Waals surface area contributed by atoms with Gasteiger partial charge in [-0.1, -0.05) is 6.92 Å². The van der Waals surface area contributed by atoms with E-state index in [1.165, 1.54) is 19.3 Å². The number of rotatable bonds is 0. The zero-order chi connectivity index (χ0) is 6.97. The van der Waals surface area contributed by atoms with E-state index in [1.807, 2.05) is 0 Å². The number of ether oxygens (including phenoxy) is 2. The van der Waals surface area contributed by atoms with Crippen molar-refractivity contribution in [3.8, 4) is 0 Å². The van der Waals surface area contributed by atoms with E-state index >= 15 is 0 Å². The Morgan fingerprint density at radius 3 is 2.80 bits per heavy atom. The summed E-state index contributed by atoms with van der Waals surface area (Å²) < 4.78 is 10.8. The van der Waals surface area contributed by atoms with Crippen LogP contribution in [0.3, 0.4) is 0 Å². The van der Waals surface area contributed by atoms with E-state index in [1.54, 1.807) is 0 Å². The Kier molecular flexibility index (Phi) is 1.66. The molecule has 3 unspecified atom stereocenters. The van der Waals surface area contributed by atoms with Crippen molar-refractivity contribution in [3.05, 3.63) is 0 Å². The average Bonchev–Trinajstić information content (AvgIpc) is 2.33. The quantitative estimate of drug-likeness (QED) is 0.511. The smallest absolute Gasteiger partial charge is 0.147 e. The van der Waals surface area contributed by atoms with Gasteiger partial charge in [-0.3, -0.25) is 0 Å². The first-order valence-corrected chi connectivity index (χ1v) is 4.09. The van der Waals surface area contributed by atoms with Crippen LogP contribution in [0.5, 0.6) is 0 Å². The van der Waals surface area contributed by atoms with E-state index in [0.717, 1.165) is 5.92 Å². The molecule has 0 N–H and O–H groups in total. The van der Waals surface area contributed by atoms with Gasteiger partial charge in [-0.25, -0.2) is 0 Å². The minimum atomic E-state index is 0.420. The maximum Gasteiger partial charge on any atom is 0.147 e. The van der Waals surface area contributed by atoms with Crippen molar-refractivity contribution in [2.45, 2.75) is 38.4 Å². The van der Waals surface area contributed by atoms with Crippen LogP contribution in [-0.2, 0) is 9.47 Å². The molecule has 0 aromatic carbocycles. The van der Waals surface area contributed by atoms with Crippen molar-refractivity contribution in [2.24, 2.45) is 5.92 Å². The lowest BCUT2D eigenvalue weighted by molar-refractivity contribution is 0.0390. The molecule has 0 amide bonds. The minimum Gasteiger partial charge on any atom is -0.349 e. The van der Waals surface area contributed by atoms with Crippen LogP contribution in [0.4, 0.5) is 0 Å². The van der Waals surface area contributed by atoms with E-state index in [2.05, 4.69) is 6.92 Å².